The Kier molecular flexibility index (Phi) is 4.31. The highest BCUT2D eigenvalue weighted by molar-refractivity contribution is 4.86. The number of likely N-dealkylation sites (N-methyl/N-ethyl adjacent to an activating group) is 1. The molecular weight excluding hydrogens is 178 g/mol. The second-order valence-corrected chi connectivity index (χ2v) is 4.39. The zero-order chi connectivity index (χ0) is 10.7. The molecule has 1 aliphatic heterocycles. The van der Waals surface area contributed by atoms with E-state index in [-0.39, 0.29) is 12.6 Å². The number of aliphatic hydroxyl groups excluding tert-OH is 1. The summed E-state index contributed by atoms with van der Waals surface area (Å²) in [5.41, 5.74) is 5.62. The minimum atomic E-state index is 0.133. The molecule has 0 aromatic carbocycles. The fourth-order valence-corrected chi connectivity index (χ4v) is 2.08. The molecule has 1 fully saturated rings. The summed E-state index contributed by atoms with van der Waals surface area (Å²) in [4.78, 5) is 4.68. The molecular formula is C10H23N3O. The highest BCUT2D eigenvalue weighted by atomic mass is 16.3. The quantitative estimate of drug-likeness (QED) is 0.636. The first kappa shape index (κ1) is 11.9. The molecule has 14 heavy (non-hydrogen) atoms. The third kappa shape index (κ3) is 2.45. The lowest BCUT2D eigenvalue weighted by Gasteiger charge is -2.45. The Labute approximate surface area is 86.7 Å². The van der Waals surface area contributed by atoms with Gasteiger partial charge < -0.3 is 10.8 Å². The van der Waals surface area contributed by atoms with Crippen LogP contribution in [0.1, 0.15) is 13.8 Å². The Morgan fingerprint density at radius 2 is 1.86 bits per heavy atom. The Balaban J connectivity index is 2.56. The summed E-state index contributed by atoms with van der Waals surface area (Å²) < 4.78 is 0. The van der Waals surface area contributed by atoms with E-state index in [0.717, 1.165) is 13.1 Å². The minimum absolute atomic E-state index is 0.133. The average molecular weight is 201 g/mol. The van der Waals surface area contributed by atoms with Crippen LogP contribution in [0.4, 0.5) is 0 Å². The highest BCUT2D eigenvalue weighted by Crippen LogP contribution is 2.15. The van der Waals surface area contributed by atoms with E-state index in [9.17, 15) is 5.11 Å². The smallest absolute Gasteiger partial charge is 0.0599 e. The molecule has 1 rings (SSSR count). The molecule has 0 saturated carbocycles. The predicted molar refractivity (Wildman–Crippen MR) is 58.2 cm³/mol. The van der Waals surface area contributed by atoms with Gasteiger partial charge in [0.25, 0.3) is 0 Å². The van der Waals surface area contributed by atoms with Gasteiger partial charge in [-0.05, 0) is 20.9 Å². The molecule has 3 atom stereocenters. The standard InChI is InChI=1S/C10H23N3O/c1-8-5-13(10(4-11)7-14)6-9(2)12(8)3/h8-10,14H,4-7,11H2,1-3H3. The van der Waals surface area contributed by atoms with E-state index in [1.807, 2.05) is 0 Å². The van der Waals surface area contributed by atoms with Crippen molar-refractivity contribution in [2.75, 3.05) is 33.3 Å². The fourth-order valence-electron chi connectivity index (χ4n) is 2.08. The second kappa shape index (κ2) is 5.07. The number of rotatable bonds is 3. The maximum Gasteiger partial charge on any atom is 0.0599 e. The molecule has 0 aliphatic carbocycles. The van der Waals surface area contributed by atoms with Gasteiger partial charge in [0.2, 0.25) is 0 Å². The van der Waals surface area contributed by atoms with Gasteiger partial charge in [-0.1, -0.05) is 0 Å². The van der Waals surface area contributed by atoms with Crippen LogP contribution in [0.3, 0.4) is 0 Å². The summed E-state index contributed by atoms with van der Waals surface area (Å²) in [5.74, 6) is 0. The monoisotopic (exact) mass is 201 g/mol. The molecule has 3 unspecified atom stereocenters. The largest absolute Gasteiger partial charge is 0.395 e. The lowest BCUT2D eigenvalue weighted by molar-refractivity contribution is 0.0191. The van der Waals surface area contributed by atoms with Gasteiger partial charge in [0, 0.05) is 37.8 Å². The topological polar surface area (TPSA) is 52.7 Å². The number of piperazine rings is 1. The summed E-state index contributed by atoms with van der Waals surface area (Å²) >= 11 is 0. The van der Waals surface area contributed by atoms with Crippen LogP contribution < -0.4 is 5.73 Å². The molecule has 0 aromatic heterocycles. The van der Waals surface area contributed by atoms with Crippen molar-refractivity contribution >= 4 is 0 Å². The van der Waals surface area contributed by atoms with E-state index in [1.165, 1.54) is 0 Å². The van der Waals surface area contributed by atoms with Crippen LogP contribution in [-0.4, -0.2) is 66.3 Å². The van der Waals surface area contributed by atoms with Gasteiger partial charge in [-0.2, -0.15) is 0 Å². The molecule has 1 heterocycles. The molecule has 0 amide bonds. The van der Waals surface area contributed by atoms with Crippen molar-refractivity contribution in [3.63, 3.8) is 0 Å². The SMILES string of the molecule is CC1CN(C(CN)CO)CC(C)N1C. The van der Waals surface area contributed by atoms with Gasteiger partial charge in [-0.25, -0.2) is 0 Å². The van der Waals surface area contributed by atoms with Crippen LogP contribution in [0.25, 0.3) is 0 Å². The maximum absolute atomic E-state index is 9.18. The van der Waals surface area contributed by atoms with Crippen LogP contribution in [0.15, 0.2) is 0 Å². The zero-order valence-corrected chi connectivity index (χ0v) is 9.48. The highest BCUT2D eigenvalue weighted by Gasteiger charge is 2.29. The predicted octanol–water partition coefficient (Wildman–Crippen LogP) is -0.670. The van der Waals surface area contributed by atoms with Gasteiger partial charge in [0.05, 0.1) is 6.61 Å². The van der Waals surface area contributed by atoms with Crippen molar-refractivity contribution in [2.45, 2.75) is 32.0 Å². The first-order valence-corrected chi connectivity index (χ1v) is 5.37. The van der Waals surface area contributed by atoms with Crippen molar-refractivity contribution in [1.29, 1.82) is 0 Å². The van der Waals surface area contributed by atoms with Crippen molar-refractivity contribution in [3.05, 3.63) is 0 Å². The van der Waals surface area contributed by atoms with Gasteiger partial charge in [0.1, 0.15) is 0 Å². The van der Waals surface area contributed by atoms with E-state index in [1.54, 1.807) is 0 Å². The summed E-state index contributed by atoms with van der Waals surface area (Å²) in [5, 5.41) is 9.18. The Morgan fingerprint density at radius 3 is 2.21 bits per heavy atom. The van der Waals surface area contributed by atoms with Crippen LogP contribution in [0, 0.1) is 0 Å². The third-order valence-corrected chi connectivity index (χ3v) is 3.39. The van der Waals surface area contributed by atoms with E-state index in [2.05, 4.69) is 30.7 Å². The van der Waals surface area contributed by atoms with E-state index >= 15 is 0 Å². The molecule has 0 spiro atoms. The Morgan fingerprint density at radius 1 is 1.36 bits per heavy atom. The number of hydrogen-bond donors (Lipinski definition) is 2. The summed E-state index contributed by atoms with van der Waals surface area (Å²) in [7, 11) is 2.16. The number of nitrogens with two attached hydrogens (primary N) is 1. The molecule has 1 aliphatic rings. The zero-order valence-electron chi connectivity index (χ0n) is 9.48. The number of hydrogen-bond acceptors (Lipinski definition) is 4. The molecule has 0 radical (unpaired) electrons. The Bertz CT molecular complexity index is 161. The van der Waals surface area contributed by atoms with Gasteiger partial charge in [-0.15, -0.1) is 0 Å². The third-order valence-electron chi connectivity index (χ3n) is 3.39. The maximum atomic E-state index is 9.18. The average Bonchev–Trinajstić information content (AvgIpc) is 2.16. The van der Waals surface area contributed by atoms with Crippen molar-refractivity contribution < 1.29 is 5.11 Å². The van der Waals surface area contributed by atoms with E-state index in [4.69, 9.17) is 5.73 Å². The van der Waals surface area contributed by atoms with Gasteiger partial charge >= 0.3 is 0 Å². The normalized spacial score (nSPS) is 33.2. The molecule has 84 valence electrons. The van der Waals surface area contributed by atoms with Crippen LogP contribution in [-0.2, 0) is 0 Å². The van der Waals surface area contributed by atoms with Crippen LogP contribution in [0.2, 0.25) is 0 Å². The molecule has 4 heteroatoms. The van der Waals surface area contributed by atoms with Crippen molar-refractivity contribution in [3.8, 4) is 0 Å². The first-order valence-electron chi connectivity index (χ1n) is 5.37. The summed E-state index contributed by atoms with van der Waals surface area (Å²) in [6.07, 6.45) is 0. The molecule has 0 aromatic rings. The van der Waals surface area contributed by atoms with Gasteiger partial charge in [0.15, 0.2) is 0 Å². The fraction of sp³-hybridized carbons (Fsp3) is 1.00. The summed E-state index contributed by atoms with van der Waals surface area (Å²) in [6.45, 7) is 7.15. The minimum Gasteiger partial charge on any atom is -0.395 e. The molecule has 4 nitrogen and oxygen atoms in total. The number of aliphatic hydroxyl groups is 1. The first-order chi connectivity index (χ1) is 6.60. The van der Waals surface area contributed by atoms with E-state index in [0.29, 0.717) is 18.6 Å². The van der Waals surface area contributed by atoms with Crippen LogP contribution >= 0.6 is 0 Å². The van der Waals surface area contributed by atoms with Crippen molar-refractivity contribution in [2.24, 2.45) is 5.73 Å². The molecule has 3 N–H and O–H groups in total. The van der Waals surface area contributed by atoms with Gasteiger partial charge in [-0.3, -0.25) is 9.80 Å². The summed E-state index contributed by atoms with van der Waals surface area (Å²) in [6, 6.07) is 1.22. The van der Waals surface area contributed by atoms with E-state index < -0.39 is 0 Å². The number of nitrogens with zero attached hydrogens (tertiary/aromatic N) is 2. The molecule has 1 saturated heterocycles. The second-order valence-electron chi connectivity index (χ2n) is 4.39. The lowest BCUT2D eigenvalue weighted by atomic mass is 10.1. The lowest BCUT2D eigenvalue weighted by Crippen LogP contribution is -2.59. The Hall–Kier alpha value is -0.160. The van der Waals surface area contributed by atoms with Crippen LogP contribution in [0.5, 0.6) is 0 Å². The molecule has 0 bridgehead atoms. The van der Waals surface area contributed by atoms with Crippen molar-refractivity contribution in [1.82, 2.24) is 9.80 Å².